The van der Waals surface area contributed by atoms with Crippen molar-refractivity contribution in [2.24, 2.45) is 0 Å². The molecule has 1 heterocycles. The summed E-state index contributed by atoms with van der Waals surface area (Å²) in [6.07, 6.45) is 3.50. The zero-order valence-corrected chi connectivity index (χ0v) is 12.2. The Morgan fingerprint density at radius 3 is 2.65 bits per heavy atom. The standard InChI is InChI=1S/C14H13Cl2N3O/c15-11-4-12(16)6-13(5-11)19-14(20)9-18-8-10-2-1-3-17-7-10/h1-7,18H,8-9H2,(H,19,20)/p+1. The van der Waals surface area contributed by atoms with Crippen LogP contribution in [-0.2, 0) is 11.3 Å². The molecule has 1 aromatic carbocycles. The van der Waals surface area contributed by atoms with Crippen LogP contribution >= 0.6 is 23.2 Å². The summed E-state index contributed by atoms with van der Waals surface area (Å²) in [6, 6.07) is 8.78. The largest absolute Gasteiger partial charge is 0.335 e. The molecule has 0 fully saturated rings. The number of nitrogens with zero attached hydrogens (tertiary/aromatic N) is 1. The Balaban J connectivity index is 1.81. The van der Waals surface area contributed by atoms with Crippen LogP contribution in [0.3, 0.4) is 0 Å². The first-order valence-electron chi connectivity index (χ1n) is 6.10. The number of nitrogens with two attached hydrogens (primary N) is 1. The van der Waals surface area contributed by atoms with E-state index >= 15 is 0 Å². The van der Waals surface area contributed by atoms with E-state index in [1.54, 1.807) is 30.6 Å². The predicted octanol–water partition coefficient (Wildman–Crippen LogP) is 2.09. The third-order valence-electron chi connectivity index (χ3n) is 2.58. The molecule has 4 nitrogen and oxygen atoms in total. The van der Waals surface area contributed by atoms with Gasteiger partial charge in [-0.1, -0.05) is 29.3 Å². The van der Waals surface area contributed by atoms with Crippen molar-refractivity contribution in [1.82, 2.24) is 4.98 Å². The molecule has 0 unspecified atom stereocenters. The van der Waals surface area contributed by atoms with Gasteiger partial charge < -0.3 is 10.6 Å². The maximum Gasteiger partial charge on any atom is 0.279 e. The molecule has 104 valence electrons. The maximum absolute atomic E-state index is 11.8. The quantitative estimate of drug-likeness (QED) is 0.888. The first kappa shape index (κ1) is 14.8. The Morgan fingerprint density at radius 2 is 2.00 bits per heavy atom. The molecule has 0 saturated carbocycles. The number of amides is 1. The van der Waals surface area contributed by atoms with Gasteiger partial charge in [-0.25, -0.2) is 0 Å². The summed E-state index contributed by atoms with van der Waals surface area (Å²) >= 11 is 11.7. The fourth-order valence-corrected chi connectivity index (χ4v) is 2.25. The maximum atomic E-state index is 11.8. The second-order valence-corrected chi connectivity index (χ2v) is 5.14. The van der Waals surface area contributed by atoms with Crippen molar-refractivity contribution in [3.63, 3.8) is 0 Å². The molecule has 2 rings (SSSR count). The van der Waals surface area contributed by atoms with Gasteiger partial charge in [0.25, 0.3) is 5.91 Å². The highest BCUT2D eigenvalue weighted by atomic mass is 35.5. The van der Waals surface area contributed by atoms with Gasteiger partial charge >= 0.3 is 0 Å². The molecule has 20 heavy (non-hydrogen) atoms. The molecule has 1 aromatic heterocycles. The monoisotopic (exact) mass is 310 g/mol. The van der Waals surface area contributed by atoms with Crippen LogP contribution in [0.15, 0.2) is 42.7 Å². The lowest BCUT2D eigenvalue weighted by Crippen LogP contribution is -2.84. The number of carbonyl (C=O) groups excluding carboxylic acids is 1. The first-order valence-corrected chi connectivity index (χ1v) is 6.85. The number of rotatable bonds is 5. The van der Waals surface area contributed by atoms with Crippen LogP contribution in [0.5, 0.6) is 0 Å². The highest BCUT2D eigenvalue weighted by Crippen LogP contribution is 2.22. The van der Waals surface area contributed by atoms with Crippen molar-refractivity contribution in [3.8, 4) is 0 Å². The van der Waals surface area contributed by atoms with Gasteiger partial charge in [-0.05, 0) is 24.3 Å². The molecule has 3 N–H and O–H groups in total. The lowest BCUT2D eigenvalue weighted by atomic mass is 10.3. The van der Waals surface area contributed by atoms with Crippen LogP contribution in [0.1, 0.15) is 5.56 Å². The van der Waals surface area contributed by atoms with Gasteiger partial charge in [-0.2, -0.15) is 0 Å². The Kier molecular flexibility index (Phi) is 5.35. The molecule has 0 bridgehead atoms. The van der Waals surface area contributed by atoms with E-state index in [1.807, 2.05) is 17.4 Å². The average Bonchev–Trinajstić information content (AvgIpc) is 2.38. The van der Waals surface area contributed by atoms with Crippen LogP contribution < -0.4 is 10.6 Å². The lowest BCUT2D eigenvalue weighted by Gasteiger charge is -2.06. The zero-order valence-electron chi connectivity index (χ0n) is 10.6. The van der Waals surface area contributed by atoms with Gasteiger partial charge in [-0.3, -0.25) is 9.78 Å². The van der Waals surface area contributed by atoms with Crippen LogP contribution in [0.4, 0.5) is 5.69 Å². The van der Waals surface area contributed by atoms with Crippen molar-refractivity contribution < 1.29 is 10.1 Å². The molecular weight excluding hydrogens is 297 g/mol. The number of benzene rings is 1. The number of pyridine rings is 1. The van der Waals surface area contributed by atoms with Crippen molar-refractivity contribution in [2.75, 3.05) is 11.9 Å². The Labute approximate surface area is 127 Å². The van der Waals surface area contributed by atoms with Crippen molar-refractivity contribution in [1.29, 1.82) is 0 Å². The van der Waals surface area contributed by atoms with E-state index < -0.39 is 0 Å². The van der Waals surface area contributed by atoms with Gasteiger partial charge in [0.1, 0.15) is 6.54 Å². The highest BCUT2D eigenvalue weighted by Gasteiger charge is 2.06. The molecule has 0 saturated heterocycles. The minimum Gasteiger partial charge on any atom is -0.335 e. The van der Waals surface area contributed by atoms with E-state index in [0.717, 1.165) is 5.56 Å². The second-order valence-electron chi connectivity index (χ2n) is 4.26. The summed E-state index contributed by atoms with van der Waals surface area (Å²) in [5, 5.41) is 5.64. The van der Waals surface area contributed by atoms with Crippen LogP contribution in [-0.4, -0.2) is 17.4 Å². The number of nitrogens with one attached hydrogen (secondary N) is 1. The number of quaternary nitrogens is 1. The Morgan fingerprint density at radius 1 is 1.25 bits per heavy atom. The lowest BCUT2D eigenvalue weighted by molar-refractivity contribution is -0.659. The summed E-state index contributed by atoms with van der Waals surface area (Å²) < 4.78 is 0. The van der Waals surface area contributed by atoms with Crippen LogP contribution in [0.2, 0.25) is 10.0 Å². The Hall–Kier alpha value is -1.62. The van der Waals surface area contributed by atoms with E-state index in [4.69, 9.17) is 23.2 Å². The smallest absolute Gasteiger partial charge is 0.279 e. The molecule has 0 aliphatic carbocycles. The molecule has 0 spiro atoms. The minimum absolute atomic E-state index is 0.104. The number of aromatic nitrogens is 1. The molecular formula is C14H14Cl2N3O+. The van der Waals surface area contributed by atoms with E-state index in [-0.39, 0.29) is 5.91 Å². The summed E-state index contributed by atoms with van der Waals surface area (Å²) in [5.74, 6) is -0.104. The van der Waals surface area contributed by atoms with Crippen molar-refractivity contribution in [2.45, 2.75) is 6.54 Å². The van der Waals surface area contributed by atoms with Gasteiger partial charge in [0.15, 0.2) is 6.54 Å². The summed E-state index contributed by atoms with van der Waals surface area (Å²) in [7, 11) is 0. The first-order chi connectivity index (χ1) is 9.63. The predicted molar refractivity (Wildman–Crippen MR) is 79.8 cm³/mol. The minimum atomic E-state index is -0.104. The third kappa shape index (κ3) is 4.81. The number of anilines is 1. The van der Waals surface area contributed by atoms with Gasteiger partial charge in [0.2, 0.25) is 0 Å². The number of hydrogen-bond donors (Lipinski definition) is 2. The van der Waals surface area contributed by atoms with Crippen molar-refractivity contribution in [3.05, 3.63) is 58.3 Å². The summed E-state index contributed by atoms with van der Waals surface area (Å²) in [6.45, 7) is 1.02. The van der Waals surface area contributed by atoms with Crippen LogP contribution in [0.25, 0.3) is 0 Å². The summed E-state index contributed by atoms with van der Waals surface area (Å²) in [4.78, 5) is 15.8. The molecule has 0 aliphatic heterocycles. The zero-order chi connectivity index (χ0) is 14.4. The normalized spacial score (nSPS) is 10.3. The van der Waals surface area contributed by atoms with Crippen LogP contribution in [0, 0.1) is 0 Å². The fourth-order valence-electron chi connectivity index (χ4n) is 1.73. The summed E-state index contributed by atoms with van der Waals surface area (Å²) in [5.41, 5.74) is 1.67. The molecule has 1 amide bonds. The van der Waals surface area contributed by atoms with Gasteiger partial charge in [-0.15, -0.1) is 0 Å². The number of carbonyl (C=O) groups is 1. The number of hydrogen-bond acceptors (Lipinski definition) is 2. The number of halogens is 2. The van der Waals surface area contributed by atoms with E-state index in [1.165, 1.54) is 0 Å². The Bertz CT molecular complexity index is 570. The van der Waals surface area contributed by atoms with E-state index in [2.05, 4.69) is 10.3 Å². The average molecular weight is 311 g/mol. The highest BCUT2D eigenvalue weighted by molar-refractivity contribution is 6.35. The van der Waals surface area contributed by atoms with Gasteiger partial charge in [0, 0.05) is 33.7 Å². The molecule has 0 aliphatic rings. The molecule has 0 atom stereocenters. The molecule has 2 aromatic rings. The van der Waals surface area contributed by atoms with Crippen molar-refractivity contribution >= 4 is 34.8 Å². The fraction of sp³-hybridized carbons (Fsp3) is 0.143. The topological polar surface area (TPSA) is 58.6 Å². The second kappa shape index (κ2) is 7.24. The SMILES string of the molecule is O=C(C[NH2+]Cc1cccnc1)Nc1cc(Cl)cc(Cl)c1. The molecule has 6 heteroatoms. The third-order valence-corrected chi connectivity index (χ3v) is 3.02. The van der Waals surface area contributed by atoms with E-state index in [9.17, 15) is 4.79 Å². The van der Waals surface area contributed by atoms with E-state index in [0.29, 0.717) is 28.8 Å². The molecule has 0 radical (unpaired) electrons. The van der Waals surface area contributed by atoms with Gasteiger partial charge in [0.05, 0.1) is 0 Å².